The Morgan fingerprint density at radius 3 is 2.31 bits per heavy atom. The molecular weight excluding hydrogens is 198 g/mol. The van der Waals surface area contributed by atoms with Crippen molar-refractivity contribution in [3.63, 3.8) is 0 Å². The van der Waals surface area contributed by atoms with E-state index in [2.05, 4.69) is 22.2 Å². The SMILES string of the molecule is CN1CCC(N2CC3(CCNCC3)C2)CC1. The highest BCUT2D eigenvalue weighted by atomic mass is 15.3. The molecule has 0 aliphatic carbocycles. The fourth-order valence-corrected chi connectivity index (χ4v) is 3.71. The van der Waals surface area contributed by atoms with Gasteiger partial charge >= 0.3 is 0 Å². The molecule has 3 heterocycles. The van der Waals surface area contributed by atoms with E-state index < -0.39 is 0 Å². The van der Waals surface area contributed by atoms with E-state index in [1.54, 1.807) is 0 Å². The summed E-state index contributed by atoms with van der Waals surface area (Å²) in [7, 11) is 2.25. The van der Waals surface area contributed by atoms with E-state index in [4.69, 9.17) is 0 Å². The van der Waals surface area contributed by atoms with Crippen molar-refractivity contribution < 1.29 is 0 Å². The molecule has 0 saturated carbocycles. The van der Waals surface area contributed by atoms with E-state index in [1.807, 2.05) is 0 Å². The summed E-state index contributed by atoms with van der Waals surface area (Å²) in [4.78, 5) is 5.23. The molecule has 1 spiro atoms. The second-order valence-corrected chi connectivity index (χ2v) is 6.19. The lowest BCUT2D eigenvalue weighted by atomic mass is 9.71. The van der Waals surface area contributed by atoms with Crippen molar-refractivity contribution in [1.29, 1.82) is 0 Å². The van der Waals surface area contributed by atoms with Crippen LogP contribution in [0, 0.1) is 5.41 Å². The number of hydrogen-bond acceptors (Lipinski definition) is 3. The molecule has 3 aliphatic rings. The Kier molecular flexibility index (Phi) is 2.94. The van der Waals surface area contributed by atoms with Crippen LogP contribution < -0.4 is 5.32 Å². The highest BCUT2D eigenvalue weighted by molar-refractivity contribution is 5.00. The van der Waals surface area contributed by atoms with Gasteiger partial charge in [0.25, 0.3) is 0 Å². The predicted octanol–water partition coefficient (Wildman–Crippen LogP) is 0.766. The van der Waals surface area contributed by atoms with Gasteiger partial charge in [-0.05, 0) is 64.3 Å². The molecule has 3 saturated heterocycles. The molecule has 0 aromatic carbocycles. The highest BCUT2D eigenvalue weighted by Gasteiger charge is 2.45. The Hall–Kier alpha value is -0.120. The van der Waals surface area contributed by atoms with Gasteiger partial charge in [0.2, 0.25) is 0 Å². The fourth-order valence-electron chi connectivity index (χ4n) is 3.71. The molecule has 0 bridgehead atoms. The highest BCUT2D eigenvalue weighted by Crippen LogP contribution is 2.40. The van der Waals surface area contributed by atoms with E-state index in [0.29, 0.717) is 5.41 Å². The Morgan fingerprint density at radius 1 is 1.06 bits per heavy atom. The summed E-state index contributed by atoms with van der Waals surface area (Å²) in [5, 5.41) is 3.48. The number of likely N-dealkylation sites (tertiary alicyclic amines) is 2. The first-order valence-corrected chi connectivity index (χ1v) is 6.91. The normalized spacial score (nSPS) is 32.8. The monoisotopic (exact) mass is 223 g/mol. The van der Waals surface area contributed by atoms with Crippen LogP contribution in [0.4, 0.5) is 0 Å². The maximum Gasteiger partial charge on any atom is 0.0120 e. The molecule has 0 aromatic rings. The molecule has 3 nitrogen and oxygen atoms in total. The molecule has 0 aromatic heterocycles. The number of rotatable bonds is 1. The smallest absolute Gasteiger partial charge is 0.0120 e. The number of nitrogens with zero attached hydrogens (tertiary/aromatic N) is 2. The molecule has 3 fully saturated rings. The van der Waals surface area contributed by atoms with Gasteiger partial charge in [-0.25, -0.2) is 0 Å². The van der Waals surface area contributed by atoms with Gasteiger partial charge in [-0.15, -0.1) is 0 Å². The lowest BCUT2D eigenvalue weighted by Gasteiger charge is -2.56. The minimum Gasteiger partial charge on any atom is -0.317 e. The van der Waals surface area contributed by atoms with Gasteiger partial charge in [0.05, 0.1) is 0 Å². The van der Waals surface area contributed by atoms with Crippen LogP contribution >= 0.6 is 0 Å². The van der Waals surface area contributed by atoms with Gasteiger partial charge in [-0.1, -0.05) is 0 Å². The van der Waals surface area contributed by atoms with Crippen LogP contribution in [0.5, 0.6) is 0 Å². The fraction of sp³-hybridized carbons (Fsp3) is 1.00. The molecule has 3 heteroatoms. The Morgan fingerprint density at radius 2 is 1.69 bits per heavy atom. The molecule has 3 aliphatic heterocycles. The third-order valence-electron chi connectivity index (χ3n) is 4.95. The van der Waals surface area contributed by atoms with Gasteiger partial charge in [0.15, 0.2) is 0 Å². The first-order valence-electron chi connectivity index (χ1n) is 6.91. The average Bonchev–Trinajstić information content (AvgIpc) is 2.28. The second-order valence-electron chi connectivity index (χ2n) is 6.19. The number of piperidine rings is 2. The molecular formula is C13H25N3. The maximum absolute atomic E-state index is 3.48. The summed E-state index contributed by atoms with van der Waals surface area (Å²) in [6.45, 7) is 7.89. The van der Waals surface area contributed by atoms with Crippen LogP contribution in [0.15, 0.2) is 0 Å². The van der Waals surface area contributed by atoms with Gasteiger partial charge in [-0.2, -0.15) is 0 Å². The Balaban J connectivity index is 1.49. The molecule has 92 valence electrons. The summed E-state index contributed by atoms with van der Waals surface area (Å²) >= 11 is 0. The maximum atomic E-state index is 3.48. The number of hydrogen-bond donors (Lipinski definition) is 1. The van der Waals surface area contributed by atoms with Crippen LogP contribution in [0.25, 0.3) is 0 Å². The zero-order valence-corrected chi connectivity index (χ0v) is 10.5. The minimum atomic E-state index is 0.717. The van der Waals surface area contributed by atoms with Crippen LogP contribution in [-0.4, -0.2) is 62.2 Å². The van der Waals surface area contributed by atoms with Crippen LogP contribution in [-0.2, 0) is 0 Å². The topological polar surface area (TPSA) is 18.5 Å². The van der Waals surface area contributed by atoms with Gasteiger partial charge in [0.1, 0.15) is 0 Å². The standard InChI is InChI=1S/C13H25N3/c1-15-8-2-12(3-9-15)16-10-13(11-16)4-6-14-7-5-13/h12,14H,2-11H2,1H3. The van der Waals surface area contributed by atoms with Crippen molar-refractivity contribution in [2.24, 2.45) is 5.41 Å². The zero-order chi connectivity index (χ0) is 11.0. The lowest BCUT2D eigenvalue weighted by molar-refractivity contribution is -0.0628. The van der Waals surface area contributed by atoms with Crippen molar-refractivity contribution in [3.05, 3.63) is 0 Å². The summed E-state index contributed by atoms with van der Waals surface area (Å²) < 4.78 is 0. The van der Waals surface area contributed by atoms with Gasteiger partial charge in [-0.3, -0.25) is 4.90 Å². The van der Waals surface area contributed by atoms with Crippen LogP contribution in [0.2, 0.25) is 0 Å². The minimum absolute atomic E-state index is 0.717. The molecule has 0 atom stereocenters. The van der Waals surface area contributed by atoms with Crippen LogP contribution in [0.1, 0.15) is 25.7 Å². The summed E-state index contributed by atoms with van der Waals surface area (Å²) in [6.07, 6.45) is 5.61. The van der Waals surface area contributed by atoms with E-state index in [0.717, 1.165) is 6.04 Å². The average molecular weight is 223 g/mol. The van der Waals surface area contributed by atoms with E-state index in [-0.39, 0.29) is 0 Å². The van der Waals surface area contributed by atoms with E-state index in [9.17, 15) is 0 Å². The van der Waals surface area contributed by atoms with Gasteiger partial charge in [0, 0.05) is 19.1 Å². The summed E-state index contributed by atoms with van der Waals surface area (Å²) in [6, 6.07) is 0.900. The molecule has 16 heavy (non-hydrogen) atoms. The van der Waals surface area contributed by atoms with Gasteiger partial charge < -0.3 is 10.2 Å². The first-order chi connectivity index (χ1) is 7.77. The second kappa shape index (κ2) is 4.28. The Bertz CT molecular complexity index is 232. The molecule has 0 radical (unpaired) electrons. The quantitative estimate of drug-likeness (QED) is 0.708. The summed E-state index contributed by atoms with van der Waals surface area (Å²) in [5.74, 6) is 0. The third-order valence-corrected chi connectivity index (χ3v) is 4.95. The molecule has 0 unspecified atom stereocenters. The first kappa shape index (κ1) is 11.0. The molecule has 1 N–H and O–H groups in total. The van der Waals surface area contributed by atoms with Crippen LogP contribution in [0.3, 0.4) is 0 Å². The van der Waals surface area contributed by atoms with Crippen molar-refractivity contribution in [3.8, 4) is 0 Å². The van der Waals surface area contributed by atoms with E-state index >= 15 is 0 Å². The van der Waals surface area contributed by atoms with Crippen molar-refractivity contribution in [2.75, 3.05) is 46.3 Å². The number of nitrogens with one attached hydrogen (secondary N) is 1. The Labute approximate surface area is 99.2 Å². The van der Waals surface area contributed by atoms with Crippen molar-refractivity contribution >= 4 is 0 Å². The van der Waals surface area contributed by atoms with E-state index in [1.165, 1.54) is 65.0 Å². The zero-order valence-electron chi connectivity index (χ0n) is 10.5. The van der Waals surface area contributed by atoms with Crippen molar-refractivity contribution in [1.82, 2.24) is 15.1 Å². The third kappa shape index (κ3) is 2.01. The largest absolute Gasteiger partial charge is 0.317 e. The summed E-state index contributed by atoms with van der Waals surface area (Å²) in [5.41, 5.74) is 0.717. The lowest BCUT2D eigenvalue weighted by Crippen LogP contribution is -2.63. The van der Waals surface area contributed by atoms with Crippen molar-refractivity contribution in [2.45, 2.75) is 31.7 Å². The molecule has 3 rings (SSSR count). The molecule has 0 amide bonds. The predicted molar refractivity (Wildman–Crippen MR) is 66.6 cm³/mol.